The molecule has 1 aromatic heterocycles. The highest BCUT2D eigenvalue weighted by Gasteiger charge is 2.10. The molecule has 4 N–H and O–H groups in total. The smallest absolute Gasteiger partial charge is 0.243 e. The van der Waals surface area contributed by atoms with Crippen LogP contribution >= 0.6 is 0 Å². The average Bonchev–Trinajstić information content (AvgIpc) is 2.89. The number of rotatable bonds is 7. The van der Waals surface area contributed by atoms with Crippen molar-refractivity contribution < 1.29 is 21.6 Å². The fraction of sp³-hybridized carbons (Fsp3) is 0.250. The van der Waals surface area contributed by atoms with Gasteiger partial charge >= 0.3 is 0 Å². The summed E-state index contributed by atoms with van der Waals surface area (Å²) in [5, 5.41) is 15.2. The first-order valence-electron chi connectivity index (χ1n) is 6.79. The van der Waals surface area contributed by atoms with Crippen LogP contribution in [0.2, 0.25) is 0 Å². The summed E-state index contributed by atoms with van der Waals surface area (Å²) in [5.74, 6) is -0.397. The molecule has 0 radical (unpaired) electrons. The van der Waals surface area contributed by atoms with E-state index in [1.807, 2.05) is 0 Å². The molecule has 1 aromatic carbocycles. The predicted octanol–water partition coefficient (Wildman–Crippen LogP) is -1.39. The maximum atomic E-state index is 11.8. The van der Waals surface area contributed by atoms with E-state index in [2.05, 4.69) is 20.2 Å². The summed E-state index contributed by atoms with van der Waals surface area (Å²) in [6.07, 6.45) is 2.15. The topological polar surface area (TPSA) is 166 Å². The Kier molecular flexibility index (Phi) is 5.39. The zero-order valence-corrected chi connectivity index (χ0v) is 14.7. The van der Waals surface area contributed by atoms with E-state index < -0.39 is 26.0 Å². The summed E-state index contributed by atoms with van der Waals surface area (Å²) in [5.41, 5.74) is 0.675. The van der Waals surface area contributed by atoms with Gasteiger partial charge in [-0.1, -0.05) is 12.1 Å². The molecule has 0 atom stereocenters. The minimum atomic E-state index is -3.76. The van der Waals surface area contributed by atoms with Gasteiger partial charge in [-0.3, -0.25) is 9.52 Å². The highest BCUT2D eigenvalue weighted by Crippen LogP contribution is 2.08. The SMILES string of the molecule is CS(=O)(=O)Nc1cnn(CC(=O)NCc2ccc(S(N)(=O)=O)cc2)n1. The van der Waals surface area contributed by atoms with Crippen LogP contribution in [-0.4, -0.2) is 44.0 Å². The number of benzene rings is 1. The lowest BCUT2D eigenvalue weighted by Crippen LogP contribution is -2.28. The Bertz CT molecular complexity index is 966. The summed E-state index contributed by atoms with van der Waals surface area (Å²) in [6, 6.07) is 5.74. The molecule has 0 aliphatic rings. The molecule has 0 fully saturated rings. The van der Waals surface area contributed by atoms with Crippen LogP contribution < -0.4 is 15.2 Å². The van der Waals surface area contributed by atoms with Crippen molar-refractivity contribution in [3.05, 3.63) is 36.0 Å². The number of hydrogen-bond donors (Lipinski definition) is 3. The minimum Gasteiger partial charge on any atom is -0.350 e. The zero-order chi connectivity index (χ0) is 18.7. The van der Waals surface area contributed by atoms with E-state index in [1.165, 1.54) is 30.5 Å². The Morgan fingerprint density at radius 2 is 1.84 bits per heavy atom. The first kappa shape index (κ1) is 18.8. The van der Waals surface area contributed by atoms with Crippen molar-refractivity contribution in [3.8, 4) is 0 Å². The van der Waals surface area contributed by atoms with Crippen molar-refractivity contribution in [2.24, 2.45) is 5.14 Å². The van der Waals surface area contributed by atoms with Gasteiger partial charge in [0.1, 0.15) is 6.54 Å². The van der Waals surface area contributed by atoms with Gasteiger partial charge in [-0.25, -0.2) is 22.0 Å². The van der Waals surface area contributed by atoms with Crippen molar-refractivity contribution in [1.29, 1.82) is 0 Å². The molecule has 1 heterocycles. The summed E-state index contributed by atoms with van der Waals surface area (Å²) < 4.78 is 46.6. The number of nitrogens with one attached hydrogen (secondary N) is 2. The summed E-state index contributed by atoms with van der Waals surface area (Å²) in [4.78, 5) is 12.9. The van der Waals surface area contributed by atoms with Crippen LogP contribution in [0, 0.1) is 0 Å². The van der Waals surface area contributed by atoms with E-state index in [9.17, 15) is 21.6 Å². The van der Waals surface area contributed by atoms with Gasteiger partial charge in [0.05, 0.1) is 17.3 Å². The fourth-order valence-corrected chi connectivity index (χ4v) is 2.78. The van der Waals surface area contributed by atoms with Crippen molar-refractivity contribution >= 4 is 31.8 Å². The van der Waals surface area contributed by atoms with Crippen LogP contribution in [0.4, 0.5) is 5.82 Å². The number of carbonyl (C=O) groups is 1. The third-order valence-corrected chi connectivity index (χ3v) is 4.36. The second-order valence-electron chi connectivity index (χ2n) is 5.10. The van der Waals surface area contributed by atoms with Gasteiger partial charge in [0.2, 0.25) is 26.0 Å². The predicted molar refractivity (Wildman–Crippen MR) is 88.2 cm³/mol. The number of sulfonamides is 2. The zero-order valence-electron chi connectivity index (χ0n) is 13.1. The Hall–Kier alpha value is -2.51. The number of aromatic nitrogens is 3. The van der Waals surface area contributed by atoms with Crippen LogP contribution in [0.25, 0.3) is 0 Å². The Morgan fingerprint density at radius 1 is 1.20 bits per heavy atom. The van der Waals surface area contributed by atoms with Crippen LogP contribution in [-0.2, 0) is 37.9 Å². The van der Waals surface area contributed by atoms with Gasteiger partial charge in [0.15, 0.2) is 5.82 Å². The van der Waals surface area contributed by atoms with Crippen LogP contribution in [0.1, 0.15) is 5.56 Å². The Balaban J connectivity index is 1.89. The number of amides is 1. The normalized spacial score (nSPS) is 11.9. The number of hydrogen-bond acceptors (Lipinski definition) is 7. The largest absolute Gasteiger partial charge is 0.350 e. The summed E-state index contributed by atoms with van der Waals surface area (Å²) >= 11 is 0. The second-order valence-corrected chi connectivity index (χ2v) is 8.41. The molecule has 0 bridgehead atoms. The highest BCUT2D eigenvalue weighted by molar-refractivity contribution is 7.92. The monoisotopic (exact) mass is 388 g/mol. The lowest BCUT2D eigenvalue weighted by atomic mass is 10.2. The maximum absolute atomic E-state index is 11.8. The number of carbonyl (C=O) groups excluding carboxylic acids is 1. The van der Waals surface area contributed by atoms with E-state index in [1.54, 1.807) is 0 Å². The third-order valence-electron chi connectivity index (χ3n) is 2.85. The third kappa shape index (κ3) is 6.13. The van der Waals surface area contributed by atoms with Gasteiger partial charge in [-0.05, 0) is 17.7 Å². The van der Waals surface area contributed by atoms with Crippen molar-refractivity contribution in [1.82, 2.24) is 20.3 Å². The molecular weight excluding hydrogens is 372 g/mol. The molecule has 25 heavy (non-hydrogen) atoms. The van der Waals surface area contributed by atoms with E-state index >= 15 is 0 Å². The van der Waals surface area contributed by atoms with Crippen molar-refractivity contribution in [2.45, 2.75) is 18.0 Å². The number of anilines is 1. The summed E-state index contributed by atoms with van der Waals surface area (Å²) in [7, 11) is -7.23. The minimum absolute atomic E-state index is 0.00822. The van der Waals surface area contributed by atoms with E-state index in [0.717, 1.165) is 11.1 Å². The van der Waals surface area contributed by atoms with Crippen molar-refractivity contribution in [3.63, 3.8) is 0 Å². The second kappa shape index (κ2) is 7.16. The molecule has 136 valence electrons. The molecule has 11 nitrogen and oxygen atoms in total. The number of primary sulfonamides is 1. The number of nitrogens with zero attached hydrogens (tertiary/aromatic N) is 3. The van der Waals surface area contributed by atoms with Crippen LogP contribution in [0.5, 0.6) is 0 Å². The van der Waals surface area contributed by atoms with Crippen LogP contribution in [0.3, 0.4) is 0 Å². The molecule has 0 saturated carbocycles. The molecule has 2 aromatic rings. The van der Waals surface area contributed by atoms with Crippen LogP contribution in [0.15, 0.2) is 35.4 Å². The quantitative estimate of drug-likeness (QED) is 0.525. The molecule has 0 aliphatic carbocycles. The van der Waals surface area contributed by atoms with Gasteiger partial charge in [0.25, 0.3) is 0 Å². The fourth-order valence-electron chi connectivity index (χ4n) is 1.79. The first-order chi connectivity index (χ1) is 11.5. The average molecular weight is 388 g/mol. The van der Waals surface area contributed by atoms with Gasteiger partial charge in [-0.2, -0.15) is 9.90 Å². The first-order valence-corrected chi connectivity index (χ1v) is 10.2. The standard InChI is InChI=1S/C12H16N6O5S2/c1-24(20,21)17-11-7-15-18(16-11)8-12(19)14-6-9-2-4-10(5-3-9)25(13,22)23/h2-5,7H,6,8H2,1H3,(H,14,19)(H,16,17)(H2,13,22,23). The molecule has 0 saturated heterocycles. The molecule has 1 amide bonds. The highest BCUT2D eigenvalue weighted by atomic mass is 32.2. The van der Waals surface area contributed by atoms with Gasteiger partial charge in [-0.15, -0.1) is 5.10 Å². The lowest BCUT2D eigenvalue weighted by molar-refractivity contribution is -0.122. The lowest BCUT2D eigenvalue weighted by Gasteiger charge is -2.06. The maximum Gasteiger partial charge on any atom is 0.243 e. The molecule has 13 heteroatoms. The summed E-state index contributed by atoms with van der Waals surface area (Å²) in [6.45, 7) is -0.0415. The van der Waals surface area contributed by atoms with Gasteiger partial charge < -0.3 is 5.32 Å². The number of nitrogens with two attached hydrogens (primary N) is 1. The molecular formula is C12H16N6O5S2. The molecule has 0 unspecified atom stereocenters. The molecule has 2 rings (SSSR count). The molecule has 0 spiro atoms. The van der Waals surface area contributed by atoms with Crippen molar-refractivity contribution in [2.75, 3.05) is 11.0 Å². The van der Waals surface area contributed by atoms with Gasteiger partial charge in [0, 0.05) is 6.54 Å². The van der Waals surface area contributed by atoms with E-state index in [-0.39, 0.29) is 23.8 Å². The molecule has 0 aliphatic heterocycles. The van der Waals surface area contributed by atoms with E-state index in [4.69, 9.17) is 5.14 Å². The van der Waals surface area contributed by atoms with E-state index in [0.29, 0.717) is 5.56 Å². The Morgan fingerprint density at radius 3 is 2.40 bits per heavy atom. The Labute approximate surface area is 144 Å².